The van der Waals surface area contributed by atoms with Crippen molar-refractivity contribution in [2.45, 2.75) is 39.7 Å². The van der Waals surface area contributed by atoms with Crippen molar-refractivity contribution in [3.63, 3.8) is 0 Å². The van der Waals surface area contributed by atoms with Gasteiger partial charge >= 0.3 is 0 Å². The van der Waals surface area contributed by atoms with Crippen molar-refractivity contribution in [1.82, 2.24) is 0 Å². The van der Waals surface area contributed by atoms with E-state index >= 15 is 0 Å². The summed E-state index contributed by atoms with van der Waals surface area (Å²) >= 11 is 3.66. The van der Waals surface area contributed by atoms with Crippen molar-refractivity contribution in [3.8, 4) is 5.75 Å². The Balaban J connectivity index is 0.00000103. The summed E-state index contributed by atoms with van der Waals surface area (Å²) in [5, 5.41) is 0. The van der Waals surface area contributed by atoms with Crippen LogP contribution in [-0.2, 0) is 6.42 Å². The van der Waals surface area contributed by atoms with Gasteiger partial charge in [0.05, 0.1) is 0 Å². The Kier molecular flexibility index (Phi) is 6.44. The van der Waals surface area contributed by atoms with Gasteiger partial charge in [0.25, 0.3) is 0 Å². The number of ether oxygens (including phenoxy) is 1. The summed E-state index contributed by atoms with van der Waals surface area (Å²) in [6, 6.07) is 0. The fraction of sp³-hybridized carbons (Fsp3) is 0.538. The van der Waals surface area contributed by atoms with Crippen LogP contribution in [-0.4, -0.2) is 17.6 Å². The molecule has 1 atom stereocenters. The highest BCUT2D eigenvalue weighted by Gasteiger charge is 2.36. The third-order valence-electron chi connectivity index (χ3n) is 3.62. The number of rotatable bonds is 1. The van der Waals surface area contributed by atoms with Crippen LogP contribution in [0.3, 0.4) is 0 Å². The lowest BCUT2D eigenvalue weighted by molar-refractivity contribution is 0.125. The summed E-state index contributed by atoms with van der Waals surface area (Å²) in [5.74, 6) is 9.05. The molecule has 0 spiro atoms. The summed E-state index contributed by atoms with van der Waals surface area (Å²) in [6.07, 6.45) is 0.907. The van der Waals surface area contributed by atoms with Crippen molar-refractivity contribution in [1.29, 1.82) is 0 Å². The SMILES string of the molecule is Cc1c(C)c2c(c(C)c1Br)CC(C)(CN)O2.NN.O. The minimum absolute atomic E-state index is 0. The highest BCUT2D eigenvalue weighted by Crippen LogP contribution is 2.43. The maximum atomic E-state index is 6.05. The van der Waals surface area contributed by atoms with Crippen molar-refractivity contribution >= 4 is 15.9 Å². The Bertz CT molecular complexity index is 427. The van der Waals surface area contributed by atoms with Crippen LogP contribution in [0.4, 0.5) is 0 Å². The number of nitrogens with two attached hydrogens (primary N) is 3. The Morgan fingerprint density at radius 3 is 2.16 bits per heavy atom. The molecule has 1 aromatic rings. The van der Waals surface area contributed by atoms with E-state index in [4.69, 9.17) is 10.5 Å². The first-order valence-electron chi connectivity index (χ1n) is 5.90. The Hall–Kier alpha value is -0.660. The Morgan fingerprint density at radius 1 is 1.16 bits per heavy atom. The lowest BCUT2D eigenvalue weighted by Crippen LogP contribution is -2.39. The van der Waals surface area contributed by atoms with Gasteiger partial charge in [0.15, 0.2) is 0 Å². The van der Waals surface area contributed by atoms with E-state index in [1.165, 1.54) is 26.7 Å². The topological polar surface area (TPSA) is 119 Å². The van der Waals surface area contributed by atoms with E-state index in [0.29, 0.717) is 6.54 Å². The molecule has 0 saturated heterocycles. The van der Waals surface area contributed by atoms with Crippen LogP contribution in [0.25, 0.3) is 0 Å². The van der Waals surface area contributed by atoms with Gasteiger partial charge in [0.1, 0.15) is 11.4 Å². The molecule has 0 saturated carbocycles. The number of benzene rings is 1. The van der Waals surface area contributed by atoms with Gasteiger partial charge in [-0.3, -0.25) is 11.7 Å². The van der Waals surface area contributed by atoms with Gasteiger partial charge in [-0.05, 0) is 44.4 Å². The molecule has 1 heterocycles. The minimum atomic E-state index is -0.231. The summed E-state index contributed by atoms with van der Waals surface area (Å²) < 4.78 is 7.25. The zero-order valence-electron chi connectivity index (χ0n) is 11.9. The van der Waals surface area contributed by atoms with Crippen molar-refractivity contribution in [2.24, 2.45) is 17.4 Å². The Morgan fingerprint density at radius 2 is 1.68 bits per heavy atom. The second kappa shape index (κ2) is 6.67. The molecular weight excluding hydrogens is 310 g/mol. The normalized spacial score (nSPS) is 19.8. The van der Waals surface area contributed by atoms with Crippen LogP contribution >= 0.6 is 15.9 Å². The summed E-state index contributed by atoms with van der Waals surface area (Å²) in [7, 11) is 0. The number of hydrazine groups is 1. The van der Waals surface area contributed by atoms with E-state index in [1.807, 2.05) is 0 Å². The molecule has 110 valence electrons. The minimum Gasteiger partial charge on any atom is -0.485 e. The second-order valence-corrected chi connectivity index (χ2v) is 5.72. The fourth-order valence-electron chi connectivity index (χ4n) is 2.27. The molecule has 0 fully saturated rings. The molecule has 1 aliphatic heterocycles. The van der Waals surface area contributed by atoms with Crippen LogP contribution in [0.5, 0.6) is 5.75 Å². The Labute approximate surface area is 122 Å². The summed E-state index contributed by atoms with van der Waals surface area (Å²) in [6.45, 7) is 9.00. The van der Waals surface area contributed by atoms with Crippen LogP contribution < -0.4 is 22.2 Å². The van der Waals surface area contributed by atoms with Crippen LogP contribution in [0.15, 0.2) is 4.47 Å². The molecular formula is C13H24BrN3O2. The monoisotopic (exact) mass is 333 g/mol. The van der Waals surface area contributed by atoms with E-state index in [9.17, 15) is 0 Å². The van der Waals surface area contributed by atoms with E-state index in [1.54, 1.807) is 0 Å². The number of halogens is 1. The first kappa shape index (κ1) is 18.3. The molecule has 6 heteroatoms. The largest absolute Gasteiger partial charge is 0.485 e. The number of fused-ring (bicyclic) bond motifs is 1. The maximum Gasteiger partial charge on any atom is 0.127 e. The van der Waals surface area contributed by atoms with Gasteiger partial charge in [-0.2, -0.15) is 0 Å². The molecule has 1 aliphatic rings. The highest BCUT2D eigenvalue weighted by atomic mass is 79.9. The average Bonchev–Trinajstić information content (AvgIpc) is 2.75. The molecule has 2 rings (SSSR count). The highest BCUT2D eigenvalue weighted by molar-refractivity contribution is 9.10. The summed E-state index contributed by atoms with van der Waals surface area (Å²) in [5.41, 5.74) is 10.6. The van der Waals surface area contributed by atoms with Crippen LogP contribution in [0.2, 0.25) is 0 Å². The van der Waals surface area contributed by atoms with Gasteiger partial charge < -0.3 is 15.9 Å². The van der Waals surface area contributed by atoms with Gasteiger partial charge in [-0.15, -0.1) is 0 Å². The summed E-state index contributed by atoms with van der Waals surface area (Å²) in [4.78, 5) is 0. The predicted octanol–water partition coefficient (Wildman–Crippen LogP) is 1.02. The van der Waals surface area contributed by atoms with Crippen LogP contribution in [0.1, 0.15) is 29.2 Å². The number of hydrogen-bond donors (Lipinski definition) is 3. The molecule has 0 amide bonds. The average molecular weight is 334 g/mol. The quantitative estimate of drug-likeness (QED) is 0.525. The number of hydrogen-bond acceptors (Lipinski definition) is 4. The van der Waals surface area contributed by atoms with Crippen molar-refractivity contribution in [3.05, 3.63) is 26.7 Å². The smallest absolute Gasteiger partial charge is 0.127 e. The third kappa shape index (κ3) is 3.09. The maximum absolute atomic E-state index is 6.05. The van der Waals surface area contributed by atoms with Crippen LogP contribution in [0, 0.1) is 20.8 Å². The lowest BCUT2D eigenvalue weighted by atomic mass is 9.93. The molecule has 0 radical (unpaired) electrons. The van der Waals surface area contributed by atoms with Gasteiger partial charge in [-0.1, -0.05) is 15.9 Å². The molecule has 8 N–H and O–H groups in total. The first-order valence-corrected chi connectivity index (χ1v) is 6.69. The zero-order chi connectivity index (χ0) is 14.1. The van der Waals surface area contributed by atoms with E-state index in [2.05, 4.69) is 55.3 Å². The predicted molar refractivity (Wildman–Crippen MR) is 82.1 cm³/mol. The molecule has 1 unspecified atom stereocenters. The van der Waals surface area contributed by atoms with Gasteiger partial charge in [-0.25, -0.2) is 0 Å². The van der Waals surface area contributed by atoms with E-state index in [-0.39, 0.29) is 11.1 Å². The van der Waals surface area contributed by atoms with Gasteiger partial charge in [0.2, 0.25) is 0 Å². The standard InChI is InChI=1S/C13H18BrNO.H4N2.H2O/c1-7-8(2)12-10(9(3)11(7)14)5-13(4,6-15)16-12;1-2;/h5-6,15H2,1-4H3;1-2H2;1H2. The molecule has 0 bridgehead atoms. The van der Waals surface area contributed by atoms with Crippen molar-refractivity contribution in [2.75, 3.05) is 6.54 Å². The van der Waals surface area contributed by atoms with Crippen molar-refractivity contribution < 1.29 is 10.2 Å². The first-order chi connectivity index (χ1) is 8.39. The molecule has 5 nitrogen and oxygen atoms in total. The lowest BCUT2D eigenvalue weighted by Gasteiger charge is -2.21. The van der Waals surface area contributed by atoms with E-state index < -0.39 is 0 Å². The zero-order valence-corrected chi connectivity index (χ0v) is 13.5. The third-order valence-corrected chi connectivity index (χ3v) is 4.81. The molecule has 0 aromatic heterocycles. The molecule has 0 aliphatic carbocycles. The second-order valence-electron chi connectivity index (χ2n) is 4.93. The molecule has 19 heavy (non-hydrogen) atoms. The molecule has 1 aromatic carbocycles. The van der Waals surface area contributed by atoms with E-state index in [0.717, 1.165) is 12.2 Å². The fourth-order valence-corrected chi connectivity index (χ4v) is 2.80. The van der Waals surface area contributed by atoms with Gasteiger partial charge in [0, 0.05) is 23.0 Å².